The molecule has 0 aliphatic rings. The van der Waals surface area contributed by atoms with Crippen LogP contribution in [0.4, 0.5) is 16.0 Å². The summed E-state index contributed by atoms with van der Waals surface area (Å²) in [6, 6.07) is 3.42. The molecule has 5 heterocycles. The molecule has 5 rings (SSSR count). The number of fused-ring (bicyclic) bond motifs is 1. The lowest BCUT2D eigenvalue weighted by atomic mass is 10.1. The number of hydrogen-bond acceptors (Lipinski definition) is 7. The van der Waals surface area contributed by atoms with E-state index in [1.54, 1.807) is 15.4 Å². The number of anilines is 2. The van der Waals surface area contributed by atoms with Crippen molar-refractivity contribution in [2.75, 3.05) is 12.4 Å². The first-order chi connectivity index (χ1) is 15.4. The lowest BCUT2D eigenvalue weighted by Gasteiger charge is -2.11. The van der Waals surface area contributed by atoms with Crippen LogP contribution in [0, 0.1) is 12.7 Å². The van der Waals surface area contributed by atoms with Crippen LogP contribution in [0.3, 0.4) is 0 Å². The molecule has 10 nitrogen and oxygen atoms in total. The fourth-order valence-corrected chi connectivity index (χ4v) is 3.58. The summed E-state index contributed by atoms with van der Waals surface area (Å²) >= 11 is 0. The minimum absolute atomic E-state index is 0.0816. The maximum atomic E-state index is 13.8. The zero-order valence-corrected chi connectivity index (χ0v) is 17.9. The molecule has 162 valence electrons. The summed E-state index contributed by atoms with van der Waals surface area (Å²) in [7, 11) is 5.14. The second kappa shape index (κ2) is 7.45. The van der Waals surface area contributed by atoms with E-state index in [0.717, 1.165) is 28.5 Å². The highest BCUT2D eigenvalue weighted by atomic mass is 19.1. The second-order valence-corrected chi connectivity index (χ2v) is 7.31. The Kier molecular flexibility index (Phi) is 4.58. The van der Waals surface area contributed by atoms with Crippen molar-refractivity contribution in [2.45, 2.75) is 6.92 Å². The van der Waals surface area contributed by atoms with E-state index < -0.39 is 5.82 Å². The zero-order chi connectivity index (χ0) is 22.4. The van der Waals surface area contributed by atoms with Crippen molar-refractivity contribution >= 4 is 17.2 Å². The Balaban J connectivity index is 1.71. The average Bonchev–Trinajstić information content (AvgIpc) is 3.48. The number of nitrogens with zero attached hydrogens (tertiary/aromatic N) is 8. The number of ether oxygens (including phenoxy) is 1. The van der Waals surface area contributed by atoms with E-state index in [9.17, 15) is 4.39 Å². The molecule has 0 aliphatic carbocycles. The van der Waals surface area contributed by atoms with Crippen molar-refractivity contribution in [3.05, 3.63) is 54.5 Å². The highest BCUT2D eigenvalue weighted by Crippen LogP contribution is 2.32. The SMILES string of the molecule is COc1cc(Nc2nc(-c3nccn3C)nn3cc(-c4ccn(C)n4)c(C)c23)ncc1F. The van der Waals surface area contributed by atoms with Gasteiger partial charge in [0.2, 0.25) is 5.82 Å². The van der Waals surface area contributed by atoms with Gasteiger partial charge in [0.05, 0.1) is 19.0 Å². The summed E-state index contributed by atoms with van der Waals surface area (Å²) in [5.41, 5.74) is 3.42. The molecule has 5 aromatic rings. The van der Waals surface area contributed by atoms with E-state index in [4.69, 9.17) is 9.72 Å². The van der Waals surface area contributed by atoms with Gasteiger partial charge in [0, 0.05) is 50.5 Å². The number of hydrogen-bond donors (Lipinski definition) is 1. The number of nitrogens with one attached hydrogen (secondary N) is 1. The lowest BCUT2D eigenvalue weighted by molar-refractivity contribution is 0.385. The Bertz CT molecular complexity index is 1450. The first kappa shape index (κ1) is 19.7. The highest BCUT2D eigenvalue weighted by molar-refractivity contribution is 5.84. The molecule has 1 N–H and O–H groups in total. The number of methoxy groups -OCH3 is 1. The van der Waals surface area contributed by atoms with E-state index in [0.29, 0.717) is 23.3 Å². The van der Waals surface area contributed by atoms with Crippen LogP contribution >= 0.6 is 0 Å². The summed E-state index contributed by atoms with van der Waals surface area (Å²) in [4.78, 5) is 13.2. The van der Waals surface area contributed by atoms with E-state index in [1.165, 1.54) is 13.2 Å². The fourth-order valence-electron chi connectivity index (χ4n) is 3.58. The van der Waals surface area contributed by atoms with Gasteiger partial charge in [-0.1, -0.05) is 0 Å². The van der Waals surface area contributed by atoms with Gasteiger partial charge in [0.1, 0.15) is 11.3 Å². The predicted octanol–water partition coefficient (Wildman–Crippen LogP) is 3.13. The Morgan fingerprint density at radius 2 is 1.97 bits per heavy atom. The molecule has 0 saturated heterocycles. The normalized spacial score (nSPS) is 11.3. The van der Waals surface area contributed by atoms with Crippen molar-refractivity contribution in [3.63, 3.8) is 0 Å². The first-order valence-corrected chi connectivity index (χ1v) is 9.79. The van der Waals surface area contributed by atoms with Crippen LogP contribution in [0.2, 0.25) is 0 Å². The molecule has 0 radical (unpaired) electrons. The van der Waals surface area contributed by atoms with Crippen LogP contribution in [0.1, 0.15) is 5.56 Å². The predicted molar refractivity (Wildman–Crippen MR) is 116 cm³/mol. The van der Waals surface area contributed by atoms with Crippen LogP contribution in [0.5, 0.6) is 5.75 Å². The maximum absolute atomic E-state index is 13.8. The van der Waals surface area contributed by atoms with Gasteiger partial charge in [-0.25, -0.2) is 23.9 Å². The van der Waals surface area contributed by atoms with Crippen LogP contribution in [-0.2, 0) is 14.1 Å². The molecule has 0 fully saturated rings. The lowest BCUT2D eigenvalue weighted by Crippen LogP contribution is -2.07. The van der Waals surface area contributed by atoms with Crippen LogP contribution in [0.25, 0.3) is 28.4 Å². The quantitative estimate of drug-likeness (QED) is 0.455. The Morgan fingerprint density at radius 1 is 1.12 bits per heavy atom. The Hall–Kier alpha value is -4.28. The number of imidazole rings is 1. The third-order valence-corrected chi connectivity index (χ3v) is 5.18. The van der Waals surface area contributed by atoms with Crippen LogP contribution in [0.15, 0.2) is 43.1 Å². The van der Waals surface area contributed by atoms with E-state index in [-0.39, 0.29) is 5.75 Å². The van der Waals surface area contributed by atoms with E-state index >= 15 is 0 Å². The summed E-state index contributed by atoms with van der Waals surface area (Å²) in [5.74, 6) is 1.44. The number of aromatic nitrogens is 8. The molecule has 32 heavy (non-hydrogen) atoms. The molecule has 5 aromatic heterocycles. The summed E-state index contributed by atoms with van der Waals surface area (Å²) in [6.07, 6.45) is 8.40. The molecule has 0 spiro atoms. The van der Waals surface area contributed by atoms with Gasteiger partial charge in [-0.05, 0) is 18.6 Å². The van der Waals surface area contributed by atoms with Gasteiger partial charge in [0.15, 0.2) is 23.2 Å². The molecule has 11 heteroatoms. The molecule has 0 aromatic carbocycles. The number of halogens is 1. The van der Waals surface area contributed by atoms with E-state index in [2.05, 4.69) is 25.5 Å². The van der Waals surface area contributed by atoms with Crippen LogP contribution < -0.4 is 10.1 Å². The standard InChI is InChI=1S/C21H20FN9O/c1-12-13(15-5-7-30(3)27-15)11-31-18(12)19(25-17-9-16(32-4)14(22)10-24-17)26-20(28-31)21-23-6-8-29(21)2/h5-11H,1-4H3,(H,24,25,26,28). The molecule has 0 bridgehead atoms. The largest absolute Gasteiger partial charge is 0.493 e. The highest BCUT2D eigenvalue weighted by Gasteiger charge is 2.20. The summed E-state index contributed by atoms with van der Waals surface area (Å²) in [5, 5.41) is 12.4. The molecule has 0 unspecified atom stereocenters. The topological polar surface area (TPSA) is 100.0 Å². The van der Waals surface area contributed by atoms with Gasteiger partial charge in [-0.2, -0.15) is 5.10 Å². The van der Waals surface area contributed by atoms with Gasteiger partial charge in [-0.15, -0.1) is 5.10 Å². The van der Waals surface area contributed by atoms with Crippen molar-refractivity contribution < 1.29 is 9.13 Å². The molecular formula is C21H20FN9O. The summed E-state index contributed by atoms with van der Waals surface area (Å²) < 4.78 is 24.3. The van der Waals surface area contributed by atoms with Gasteiger partial charge in [0.25, 0.3) is 0 Å². The Labute approximate surface area is 182 Å². The third kappa shape index (κ3) is 3.23. The third-order valence-electron chi connectivity index (χ3n) is 5.18. The Morgan fingerprint density at radius 3 is 2.66 bits per heavy atom. The van der Waals surface area contributed by atoms with Crippen molar-refractivity contribution in [2.24, 2.45) is 14.1 Å². The van der Waals surface area contributed by atoms with Gasteiger partial charge in [-0.3, -0.25) is 4.68 Å². The van der Waals surface area contributed by atoms with E-state index in [1.807, 2.05) is 50.2 Å². The van der Waals surface area contributed by atoms with Gasteiger partial charge >= 0.3 is 0 Å². The fraction of sp³-hybridized carbons (Fsp3) is 0.190. The minimum Gasteiger partial charge on any atom is -0.493 e. The molecule has 0 saturated carbocycles. The van der Waals surface area contributed by atoms with Crippen molar-refractivity contribution in [1.29, 1.82) is 0 Å². The molecule has 0 atom stereocenters. The number of aryl methyl sites for hydroxylation is 3. The first-order valence-electron chi connectivity index (χ1n) is 9.79. The minimum atomic E-state index is -0.545. The van der Waals surface area contributed by atoms with Crippen LogP contribution in [-0.4, -0.2) is 46.0 Å². The number of pyridine rings is 1. The van der Waals surface area contributed by atoms with Crippen molar-refractivity contribution in [1.82, 2.24) is 38.9 Å². The number of rotatable bonds is 5. The monoisotopic (exact) mass is 433 g/mol. The van der Waals surface area contributed by atoms with Gasteiger partial charge < -0.3 is 14.6 Å². The summed E-state index contributed by atoms with van der Waals surface area (Å²) in [6.45, 7) is 1.98. The second-order valence-electron chi connectivity index (χ2n) is 7.31. The average molecular weight is 433 g/mol. The zero-order valence-electron chi connectivity index (χ0n) is 17.9. The van der Waals surface area contributed by atoms with Crippen molar-refractivity contribution in [3.8, 4) is 28.7 Å². The molecule has 0 amide bonds. The molecule has 0 aliphatic heterocycles. The molecular weight excluding hydrogens is 413 g/mol. The maximum Gasteiger partial charge on any atom is 0.218 e. The smallest absolute Gasteiger partial charge is 0.218 e.